The van der Waals surface area contributed by atoms with Gasteiger partial charge in [0, 0.05) is 12.5 Å². The number of aliphatic hydroxyl groups is 1. The SMILES string of the molecule is OCC1C=[C]C=CC1. The first kappa shape index (κ1) is 5.57. The van der Waals surface area contributed by atoms with Crippen molar-refractivity contribution >= 4 is 0 Å². The van der Waals surface area contributed by atoms with Crippen molar-refractivity contribution in [3.05, 3.63) is 24.3 Å². The van der Waals surface area contributed by atoms with Crippen LogP contribution in [0.25, 0.3) is 0 Å². The number of rotatable bonds is 1. The maximum atomic E-state index is 8.59. The highest BCUT2D eigenvalue weighted by Crippen LogP contribution is 2.08. The van der Waals surface area contributed by atoms with E-state index >= 15 is 0 Å². The largest absolute Gasteiger partial charge is 0.396 e. The molecule has 1 nitrogen and oxygen atoms in total. The van der Waals surface area contributed by atoms with E-state index in [0.29, 0.717) is 5.92 Å². The molecule has 1 aliphatic carbocycles. The molecule has 43 valence electrons. The van der Waals surface area contributed by atoms with Crippen molar-refractivity contribution in [2.24, 2.45) is 5.92 Å². The summed E-state index contributed by atoms with van der Waals surface area (Å²) in [7, 11) is 0. The molecule has 1 N–H and O–H groups in total. The monoisotopic (exact) mass is 109 g/mol. The van der Waals surface area contributed by atoms with Gasteiger partial charge in [0.15, 0.2) is 0 Å². The second-order valence-corrected chi connectivity index (χ2v) is 1.91. The molecule has 0 fully saturated rings. The minimum Gasteiger partial charge on any atom is -0.396 e. The van der Waals surface area contributed by atoms with Gasteiger partial charge < -0.3 is 5.11 Å². The van der Waals surface area contributed by atoms with E-state index in [4.69, 9.17) is 5.11 Å². The zero-order valence-corrected chi connectivity index (χ0v) is 4.67. The summed E-state index contributed by atoms with van der Waals surface area (Å²) in [4.78, 5) is 0. The van der Waals surface area contributed by atoms with Crippen molar-refractivity contribution in [3.63, 3.8) is 0 Å². The fraction of sp³-hybridized carbons (Fsp3) is 0.429. The van der Waals surface area contributed by atoms with Crippen molar-refractivity contribution in [1.29, 1.82) is 0 Å². The maximum absolute atomic E-state index is 8.59. The van der Waals surface area contributed by atoms with E-state index in [2.05, 4.69) is 6.08 Å². The number of hydrogen-bond donors (Lipinski definition) is 1. The van der Waals surface area contributed by atoms with Crippen LogP contribution in [0.2, 0.25) is 0 Å². The Morgan fingerprint density at radius 1 is 1.75 bits per heavy atom. The normalized spacial score (nSPS) is 26.4. The highest BCUT2D eigenvalue weighted by Gasteiger charge is 2.00. The molecule has 0 aliphatic heterocycles. The molecular formula is C7H9O. The summed E-state index contributed by atoms with van der Waals surface area (Å²) < 4.78 is 0. The number of aliphatic hydroxyl groups excluding tert-OH is 1. The van der Waals surface area contributed by atoms with Gasteiger partial charge in [-0.2, -0.15) is 0 Å². The molecule has 0 aromatic heterocycles. The van der Waals surface area contributed by atoms with Crippen LogP contribution in [0.4, 0.5) is 0 Å². The minimum atomic E-state index is 0.247. The predicted molar refractivity (Wildman–Crippen MR) is 32.1 cm³/mol. The van der Waals surface area contributed by atoms with E-state index in [1.165, 1.54) is 0 Å². The second kappa shape index (κ2) is 2.68. The first-order valence-electron chi connectivity index (χ1n) is 2.78. The summed E-state index contributed by atoms with van der Waals surface area (Å²) in [5.41, 5.74) is 0. The zero-order chi connectivity index (χ0) is 5.82. The zero-order valence-electron chi connectivity index (χ0n) is 4.67. The Hall–Kier alpha value is -0.560. The standard InChI is InChI=1S/C7H9O/c8-6-7-4-2-1-3-5-7/h1-2,5,7-8H,4,6H2. The molecule has 0 heterocycles. The van der Waals surface area contributed by atoms with Crippen LogP contribution in [0.1, 0.15) is 6.42 Å². The third kappa shape index (κ3) is 1.20. The Morgan fingerprint density at radius 3 is 3.00 bits per heavy atom. The molecule has 0 saturated carbocycles. The van der Waals surface area contributed by atoms with Gasteiger partial charge in [-0.15, -0.1) is 0 Å². The average Bonchev–Trinajstić information content (AvgIpc) is 1.90. The average molecular weight is 109 g/mol. The van der Waals surface area contributed by atoms with Gasteiger partial charge in [0.1, 0.15) is 0 Å². The van der Waals surface area contributed by atoms with Crippen molar-refractivity contribution in [2.75, 3.05) is 6.61 Å². The lowest BCUT2D eigenvalue weighted by Gasteiger charge is -2.06. The molecule has 8 heavy (non-hydrogen) atoms. The first-order valence-corrected chi connectivity index (χ1v) is 2.78. The van der Waals surface area contributed by atoms with Crippen molar-refractivity contribution in [1.82, 2.24) is 0 Å². The molecular weight excluding hydrogens is 100 g/mol. The highest BCUT2D eigenvalue weighted by molar-refractivity contribution is 5.04. The smallest absolute Gasteiger partial charge is 0.0497 e. The molecule has 1 unspecified atom stereocenters. The van der Waals surface area contributed by atoms with Crippen LogP contribution in [-0.2, 0) is 0 Å². The number of hydrogen-bond acceptors (Lipinski definition) is 1. The molecule has 0 amide bonds. The summed E-state index contributed by atoms with van der Waals surface area (Å²) in [5, 5.41) is 8.59. The molecule has 1 heteroatoms. The van der Waals surface area contributed by atoms with Crippen LogP contribution >= 0.6 is 0 Å². The Morgan fingerprint density at radius 2 is 2.62 bits per heavy atom. The van der Waals surface area contributed by atoms with Crippen LogP contribution in [0.5, 0.6) is 0 Å². The van der Waals surface area contributed by atoms with E-state index in [0.717, 1.165) is 6.42 Å². The third-order valence-corrected chi connectivity index (χ3v) is 1.22. The molecule has 1 atom stereocenters. The van der Waals surface area contributed by atoms with Crippen LogP contribution in [0, 0.1) is 12.0 Å². The first-order chi connectivity index (χ1) is 3.93. The lowest BCUT2D eigenvalue weighted by molar-refractivity contribution is 0.253. The van der Waals surface area contributed by atoms with Crippen LogP contribution in [0.15, 0.2) is 18.2 Å². The lowest BCUT2D eigenvalue weighted by Crippen LogP contribution is -2.02. The molecule has 0 saturated heterocycles. The van der Waals surface area contributed by atoms with Gasteiger partial charge in [-0.3, -0.25) is 0 Å². The van der Waals surface area contributed by atoms with Crippen LogP contribution in [-0.4, -0.2) is 11.7 Å². The fourth-order valence-electron chi connectivity index (χ4n) is 0.698. The van der Waals surface area contributed by atoms with Gasteiger partial charge in [0.05, 0.1) is 0 Å². The molecule has 0 aromatic rings. The Balaban J connectivity index is 2.40. The topological polar surface area (TPSA) is 20.2 Å². The Bertz CT molecular complexity index is 114. The predicted octanol–water partition coefficient (Wildman–Crippen LogP) is 0.914. The van der Waals surface area contributed by atoms with Gasteiger partial charge in [-0.25, -0.2) is 0 Å². The molecule has 1 aliphatic rings. The van der Waals surface area contributed by atoms with Gasteiger partial charge in [0.2, 0.25) is 0 Å². The maximum Gasteiger partial charge on any atom is 0.0497 e. The second-order valence-electron chi connectivity index (χ2n) is 1.91. The Labute approximate surface area is 49.3 Å². The highest BCUT2D eigenvalue weighted by atomic mass is 16.3. The molecule has 0 aromatic carbocycles. The van der Waals surface area contributed by atoms with E-state index in [9.17, 15) is 0 Å². The quantitative estimate of drug-likeness (QED) is 0.530. The Kier molecular flexibility index (Phi) is 1.86. The summed E-state index contributed by atoms with van der Waals surface area (Å²) in [6.45, 7) is 0.247. The minimum absolute atomic E-state index is 0.247. The van der Waals surface area contributed by atoms with Crippen molar-refractivity contribution in [3.8, 4) is 0 Å². The van der Waals surface area contributed by atoms with E-state index in [1.807, 2.05) is 18.2 Å². The van der Waals surface area contributed by atoms with Crippen LogP contribution < -0.4 is 0 Å². The van der Waals surface area contributed by atoms with Crippen molar-refractivity contribution < 1.29 is 5.11 Å². The third-order valence-electron chi connectivity index (χ3n) is 1.22. The molecule has 0 spiro atoms. The van der Waals surface area contributed by atoms with Gasteiger partial charge in [-0.05, 0) is 12.5 Å². The fourth-order valence-corrected chi connectivity index (χ4v) is 0.698. The molecule has 1 rings (SSSR count). The van der Waals surface area contributed by atoms with Gasteiger partial charge >= 0.3 is 0 Å². The van der Waals surface area contributed by atoms with Crippen molar-refractivity contribution in [2.45, 2.75) is 6.42 Å². The molecule has 1 radical (unpaired) electrons. The molecule has 0 bridgehead atoms. The summed E-state index contributed by atoms with van der Waals surface area (Å²) in [6, 6.07) is 0. The summed E-state index contributed by atoms with van der Waals surface area (Å²) in [6.07, 6.45) is 9.68. The summed E-state index contributed by atoms with van der Waals surface area (Å²) >= 11 is 0. The van der Waals surface area contributed by atoms with Crippen LogP contribution in [0.3, 0.4) is 0 Å². The van der Waals surface area contributed by atoms with E-state index in [-0.39, 0.29) is 6.61 Å². The summed E-state index contributed by atoms with van der Waals surface area (Å²) in [5.74, 6) is 0.319. The van der Waals surface area contributed by atoms with E-state index in [1.54, 1.807) is 0 Å². The lowest BCUT2D eigenvalue weighted by atomic mass is 10.0. The van der Waals surface area contributed by atoms with Gasteiger partial charge in [-0.1, -0.05) is 18.2 Å². The van der Waals surface area contributed by atoms with Gasteiger partial charge in [0.25, 0.3) is 0 Å². The number of allylic oxidation sites excluding steroid dienone is 3. The van der Waals surface area contributed by atoms with E-state index < -0.39 is 0 Å².